The van der Waals surface area contributed by atoms with E-state index >= 15 is 0 Å². The normalized spacial score (nSPS) is 12.5. The molecule has 1 atom stereocenters. The number of H-pyrrole nitrogens is 1. The molecule has 1 N–H and O–H groups in total. The first-order valence-electron chi connectivity index (χ1n) is 6.16. The van der Waals surface area contributed by atoms with Crippen LogP contribution in [0.2, 0.25) is 0 Å². The van der Waals surface area contributed by atoms with Crippen LogP contribution in [0.4, 0.5) is 0 Å². The highest BCUT2D eigenvalue weighted by Gasteiger charge is 2.21. The highest BCUT2D eigenvalue weighted by Crippen LogP contribution is 2.30. The first kappa shape index (κ1) is 13.8. The van der Waals surface area contributed by atoms with Gasteiger partial charge in [-0.1, -0.05) is 52.3 Å². The van der Waals surface area contributed by atoms with Crippen molar-refractivity contribution in [1.29, 1.82) is 0 Å². The molecule has 0 saturated carbocycles. The van der Waals surface area contributed by atoms with Gasteiger partial charge in [-0.2, -0.15) is 0 Å². The van der Waals surface area contributed by atoms with Crippen molar-refractivity contribution >= 4 is 55.2 Å². The van der Waals surface area contributed by atoms with E-state index in [1.54, 1.807) is 6.20 Å². The molecule has 0 aliphatic rings. The average Bonchev–Trinajstić information content (AvgIpc) is 2.89. The number of hydrogen-bond acceptors (Lipinski definition) is 1. The van der Waals surface area contributed by atoms with Crippen LogP contribution in [-0.4, -0.2) is 10.8 Å². The van der Waals surface area contributed by atoms with Gasteiger partial charge in [0, 0.05) is 26.2 Å². The minimum Gasteiger partial charge on any atom is -0.360 e. The topological polar surface area (TPSA) is 32.9 Å². The summed E-state index contributed by atoms with van der Waals surface area (Å²) in [7, 11) is 0. The minimum atomic E-state index is -0.318. The largest absolute Gasteiger partial charge is 0.360 e. The minimum absolute atomic E-state index is 0.0728. The van der Waals surface area contributed by atoms with Gasteiger partial charge in [0.05, 0.1) is 0 Å². The van der Waals surface area contributed by atoms with Crippen LogP contribution in [0.25, 0.3) is 10.9 Å². The number of alkyl halides is 1. The molecular weight excluding hydrogens is 429 g/mol. The summed E-state index contributed by atoms with van der Waals surface area (Å²) < 4.78 is 1.15. The first-order valence-corrected chi connectivity index (χ1v) is 8.16. The Morgan fingerprint density at radius 1 is 1.15 bits per heavy atom. The molecule has 1 heterocycles. The Labute approximate surface area is 138 Å². The molecular formula is C16H11BrINO. The third-order valence-corrected chi connectivity index (χ3v) is 4.85. The number of Topliss-reactive ketones (excluding diaryl/α,β-unsaturated/α-hetero) is 1. The van der Waals surface area contributed by atoms with Crippen molar-refractivity contribution in [2.24, 2.45) is 0 Å². The second-order valence-corrected chi connectivity index (χ2v) is 6.69. The molecule has 2 aromatic carbocycles. The summed E-state index contributed by atoms with van der Waals surface area (Å²) in [5, 5.41) is 0.968. The molecule has 0 bridgehead atoms. The Kier molecular flexibility index (Phi) is 3.94. The van der Waals surface area contributed by atoms with E-state index in [-0.39, 0.29) is 10.6 Å². The zero-order valence-electron chi connectivity index (χ0n) is 10.4. The van der Waals surface area contributed by atoms with E-state index in [1.807, 2.05) is 48.5 Å². The van der Waals surface area contributed by atoms with Gasteiger partial charge in [0.2, 0.25) is 0 Å². The maximum Gasteiger partial charge on any atom is 0.183 e. The van der Waals surface area contributed by atoms with Gasteiger partial charge in [-0.05, 0) is 40.3 Å². The predicted octanol–water partition coefficient (Wildman–Crippen LogP) is 5.09. The van der Waals surface area contributed by atoms with Crippen molar-refractivity contribution in [3.8, 4) is 0 Å². The fourth-order valence-corrected chi connectivity index (χ4v) is 3.26. The number of nitrogens with one attached hydrogen (secondary N) is 1. The number of halogens is 2. The molecule has 2 nitrogen and oxygen atoms in total. The Morgan fingerprint density at radius 2 is 1.90 bits per heavy atom. The third kappa shape index (κ3) is 2.54. The van der Waals surface area contributed by atoms with E-state index in [2.05, 4.69) is 43.5 Å². The molecule has 100 valence electrons. The summed E-state index contributed by atoms with van der Waals surface area (Å²) in [5.74, 6) is 0.0728. The lowest BCUT2D eigenvalue weighted by molar-refractivity contribution is 0.0993. The summed E-state index contributed by atoms with van der Waals surface area (Å²) in [5.41, 5.74) is 2.69. The van der Waals surface area contributed by atoms with Crippen LogP contribution in [0.3, 0.4) is 0 Å². The maximum absolute atomic E-state index is 12.6. The summed E-state index contributed by atoms with van der Waals surface area (Å²) >= 11 is 5.77. The Balaban J connectivity index is 2.01. The molecule has 0 fully saturated rings. The quantitative estimate of drug-likeness (QED) is 0.344. The second kappa shape index (κ2) is 5.69. The van der Waals surface area contributed by atoms with E-state index in [0.29, 0.717) is 0 Å². The molecule has 1 aromatic heterocycles. The molecule has 0 spiro atoms. The van der Waals surface area contributed by atoms with Crippen LogP contribution in [-0.2, 0) is 0 Å². The van der Waals surface area contributed by atoms with Crippen LogP contribution in [0, 0.1) is 3.57 Å². The van der Waals surface area contributed by atoms with Crippen molar-refractivity contribution in [2.75, 3.05) is 0 Å². The van der Waals surface area contributed by atoms with Crippen molar-refractivity contribution in [1.82, 2.24) is 4.98 Å². The molecule has 3 rings (SSSR count). The van der Waals surface area contributed by atoms with Gasteiger partial charge in [0.15, 0.2) is 5.78 Å². The predicted molar refractivity (Wildman–Crippen MR) is 93.5 cm³/mol. The molecule has 1 unspecified atom stereocenters. The van der Waals surface area contributed by atoms with Crippen molar-refractivity contribution < 1.29 is 4.79 Å². The number of fused-ring (bicyclic) bond motifs is 1. The first-order chi connectivity index (χ1) is 9.66. The summed E-state index contributed by atoms with van der Waals surface area (Å²) in [4.78, 5) is 15.5. The highest BCUT2D eigenvalue weighted by molar-refractivity contribution is 14.1. The molecule has 3 aromatic rings. The second-order valence-electron chi connectivity index (χ2n) is 4.53. The lowest BCUT2D eigenvalue weighted by Gasteiger charge is -2.08. The number of aromatic nitrogens is 1. The van der Waals surface area contributed by atoms with Crippen molar-refractivity contribution in [2.45, 2.75) is 4.83 Å². The highest BCUT2D eigenvalue weighted by atomic mass is 127. The van der Waals surface area contributed by atoms with Crippen molar-refractivity contribution in [3.05, 3.63) is 69.4 Å². The van der Waals surface area contributed by atoms with Crippen LogP contribution < -0.4 is 0 Å². The standard InChI is InChI=1S/C16H11BrINO/c17-15(10-4-2-1-3-5-10)16(20)13-9-19-14-8-11(18)6-7-12(13)14/h1-9,15,19H. The lowest BCUT2D eigenvalue weighted by atomic mass is 10.0. The number of ketones is 1. The number of hydrogen-bond donors (Lipinski definition) is 1. The van der Waals surface area contributed by atoms with E-state index in [1.165, 1.54) is 0 Å². The van der Waals surface area contributed by atoms with E-state index in [0.717, 1.165) is 25.6 Å². The van der Waals surface area contributed by atoms with Gasteiger partial charge in [0.25, 0.3) is 0 Å². The summed E-state index contributed by atoms with van der Waals surface area (Å²) in [6, 6.07) is 15.8. The number of aromatic amines is 1. The third-order valence-electron chi connectivity index (χ3n) is 3.23. The number of benzene rings is 2. The van der Waals surface area contributed by atoms with Gasteiger partial charge in [-0.15, -0.1) is 0 Å². The van der Waals surface area contributed by atoms with Crippen LogP contribution >= 0.6 is 38.5 Å². The van der Waals surface area contributed by atoms with E-state index in [9.17, 15) is 4.79 Å². The van der Waals surface area contributed by atoms with Gasteiger partial charge in [0.1, 0.15) is 4.83 Å². The molecule has 20 heavy (non-hydrogen) atoms. The maximum atomic E-state index is 12.6. The van der Waals surface area contributed by atoms with Gasteiger partial charge >= 0.3 is 0 Å². The molecule has 0 aliphatic carbocycles. The Hall–Kier alpha value is -1.14. The molecule has 0 saturated heterocycles. The number of carbonyl (C=O) groups is 1. The van der Waals surface area contributed by atoms with Crippen LogP contribution in [0.1, 0.15) is 20.7 Å². The Morgan fingerprint density at radius 3 is 2.65 bits per heavy atom. The van der Waals surface area contributed by atoms with Crippen LogP contribution in [0.5, 0.6) is 0 Å². The number of carbonyl (C=O) groups excluding carboxylic acids is 1. The number of rotatable bonds is 3. The smallest absolute Gasteiger partial charge is 0.183 e. The monoisotopic (exact) mass is 439 g/mol. The average molecular weight is 440 g/mol. The SMILES string of the molecule is O=C(c1c[nH]c2cc(I)ccc12)C(Br)c1ccccc1. The fraction of sp³-hybridized carbons (Fsp3) is 0.0625. The van der Waals surface area contributed by atoms with Crippen LogP contribution in [0.15, 0.2) is 54.7 Å². The fourth-order valence-electron chi connectivity index (χ4n) is 2.21. The summed E-state index contributed by atoms with van der Waals surface area (Å²) in [6.07, 6.45) is 1.79. The Bertz CT molecular complexity index is 767. The zero-order chi connectivity index (χ0) is 14.1. The molecule has 0 radical (unpaired) electrons. The molecule has 0 amide bonds. The summed E-state index contributed by atoms with van der Waals surface area (Å²) in [6.45, 7) is 0. The molecule has 4 heteroatoms. The van der Waals surface area contributed by atoms with E-state index < -0.39 is 0 Å². The van der Waals surface area contributed by atoms with Gasteiger partial charge in [-0.25, -0.2) is 0 Å². The lowest BCUT2D eigenvalue weighted by Crippen LogP contribution is -2.06. The molecule has 0 aliphatic heterocycles. The van der Waals surface area contributed by atoms with Crippen molar-refractivity contribution in [3.63, 3.8) is 0 Å². The van der Waals surface area contributed by atoms with Gasteiger partial charge < -0.3 is 4.98 Å². The zero-order valence-corrected chi connectivity index (χ0v) is 14.2. The van der Waals surface area contributed by atoms with E-state index in [4.69, 9.17) is 0 Å². The van der Waals surface area contributed by atoms with Gasteiger partial charge in [-0.3, -0.25) is 4.79 Å².